The first-order valence-electron chi connectivity index (χ1n) is 6.52. The lowest BCUT2D eigenvalue weighted by Crippen LogP contribution is -2.38. The molecule has 3 rings (SSSR count). The van der Waals surface area contributed by atoms with Gasteiger partial charge in [0, 0.05) is 23.6 Å². The van der Waals surface area contributed by atoms with E-state index in [4.69, 9.17) is 4.42 Å². The molecule has 0 saturated heterocycles. The van der Waals surface area contributed by atoms with Crippen molar-refractivity contribution in [3.63, 3.8) is 0 Å². The summed E-state index contributed by atoms with van der Waals surface area (Å²) in [6.07, 6.45) is 7.12. The van der Waals surface area contributed by atoms with E-state index in [0.29, 0.717) is 17.4 Å². The van der Waals surface area contributed by atoms with Gasteiger partial charge in [0.05, 0.1) is 10.7 Å². The Morgan fingerprint density at radius 3 is 3.00 bits per heavy atom. The maximum Gasteiger partial charge on any atom is 0.267 e. The first-order valence-corrected chi connectivity index (χ1v) is 7.32. The van der Waals surface area contributed by atoms with Gasteiger partial charge in [0.15, 0.2) is 0 Å². The largest absolute Gasteiger partial charge is 0.464 e. The van der Waals surface area contributed by atoms with Crippen LogP contribution in [0.4, 0.5) is 0 Å². The summed E-state index contributed by atoms with van der Waals surface area (Å²) >= 11 is 3.16. The minimum atomic E-state index is -0.324. The zero-order chi connectivity index (χ0) is 14.8. The summed E-state index contributed by atoms with van der Waals surface area (Å²) in [5.41, 5.74) is 1.59. The SMILES string of the molecule is O=C(/C=C/c1coc2ccccc12)N1CCC=C(Br)C1=O. The molecule has 0 fully saturated rings. The summed E-state index contributed by atoms with van der Waals surface area (Å²) in [4.78, 5) is 25.2. The number of nitrogens with zero attached hydrogens (tertiary/aromatic N) is 1. The Balaban J connectivity index is 1.81. The Bertz CT molecular complexity index is 773. The smallest absolute Gasteiger partial charge is 0.267 e. The molecule has 0 atom stereocenters. The summed E-state index contributed by atoms with van der Waals surface area (Å²) in [5.74, 6) is -0.622. The highest BCUT2D eigenvalue weighted by molar-refractivity contribution is 9.12. The van der Waals surface area contributed by atoms with Crippen molar-refractivity contribution in [3.05, 3.63) is 52.7 Å². The minimum absolute atomic E-state index is 0.298. The second-order valence-corrected chi connectivity index (χ2v) is 5.51. The molecule has 0 unspecified atom stereocenters. The Labute approximate surface area is 129 Å². The zero-order valence-corrected chi connectivity index (χ0v) is 12.7. The molecule has 0 radical (unpaired) electrons. The predicted octanol–water partition coefficient (Wildman–Crippen LogP) is 3.48. The molecule has 1 aliphatic heterocycles. The van der Waals surface area contributed by atoms with E-state index in [9.17, 15) is 9.59 Å². The molecule has 2 amide bonds. The molecule has 0 aliphatic carbocycles. The van der Waals surface area contributed by atoms with Crippen LogP contribution in [0.2, 0.25) is 0 Å². The molecule has 106 valence electrons. The average molecular weight is 346 g/mol. The van der Waals surface area contributed by atoms with Crippen LogP contribution in [0.3, 0.4) is 0 Å². The number of fused-ring (bicyclic) bond motifs is 1. The Kier molecular flexibility index (Phi) is 3.75. The number of carbonyl (C=O) groups excluding carboxylic acids is 2. The summed E-state index contributed by atoms with van der Waals surface area (Å²) < 4.78 is 5.84. The van der Waals surface area contributed by atoms with E-state index in [1.165, 1.54) is 11.0 Å². The average Bonchev–Trinajstić information content (AvgIpc) is 2.91. The number of amides is 2. The molecule has 1 aromatic heterocycles. The molecular weight excluding hydrogens is 334 g/mol. The second-order valence-electron chi connectivity index (χ2n) is 4.66. The summed E-state index contributed by atoms with van der Waals surface area (Å²) in [6.45, 7) is 0.406. The highest BCUT2D eigenvalue weighted by Gasteiger charge is 2.24. The molecule has 0 spiro atoms. The van der Waals surface area contributed by atoms with Gasteiger partial charge in [-0.15, -0.1) is 0 Å². The van der Waals surface area contributed by atoms with Crippen molar-refractivity contribution in [2.75, 3.05) is 6.54 Å². The molecule has 0 N–H and O–H groups in total. The van der Waals surface area contributed by atoms with E-state index >= 15 is 0 Å². The van der Waals surface area contributed by atoms with Crippen LogP contribution < -0.4 is 0 Å². The van der Waals surface area contributed by atoms with Crippen molar-refractivity contribution in [1.82, 2.24) is 4.90 Å². The van der Waals surface area contributed by atoms with Crippen LogP contribution in [0.25, 0.3) is 17.0 Å². The molecule has 4 nitrogen and oxygen atoms in total. The molecular formula is C16H12BrNO3. The number of halogens is 1. The van der Waals surface area contributed by atoms with Crippen LogP contribution in [0, 0.1) is 0 Å². The molecule has 2 aromatic rings. The Morgan fingerprint density at radius 1 is 1.33 bits per heavy atom. The van der Waals surface area contributed by atoms with Crippen LogP contribution >= 0.6 is 15.9 Å². The number of para-hydroxylation sites is 1. The molecule has 1 aliphatic rings. The highest BCUT2D eigenvalue weighted by atomic mass is 79.9. The second kappa shape index (κ2) is 5.69. The quantitative estimate of drug-likeness (QED) is 0.783. The van der Waals surface area contributed by atoms with Crippen molar-refractivity contribution < 1.29 is 14.0 Å². The van der Waals surface area contributed by atoms with Crippen molar-refractivity contribution in [1.29, 1.82) is 0 Å². The summed E-state index contributed by atoms with van der Waals surface area (Å²) in [6, 6.07) is 7.59. The normalized spacial score (nSPS) is 15.8. The number of carbonyl (C=O) groups is 2. The van der Waals surface area contributed by atoms with Crippen LogP contribution in [-0.2, 0) is 9.59 Å². The first kappa shape index (κ1) is 13.8. The molecule has 1 aromatic carbocycles. The fourth-order valence-corrected chi connectivity index (χ4v) is 2.67. The lowest BCUT2D eigenvalue weighted by molar-refractivity contribution is -0.139. The standard InChI is InChI=1S/C16H12BrNO3/c17-13-5-3-9-18(16(13)20)15(19)8-7-11-10-21-14-6-2-1-4-12(11)14/h1-2,4-8,10H,3,9H2/b8-7+. The van der Waals surface area contributed by atoms with Gasteiger partial charge in [-0.25, -0.2) is 0 Å². The molecule has 0 bridgehead atoms. The zero-order valence-electron chi connectivity index (χ0n) is 11.1. The number of imide groups is 1. The Morgan fingerprint density at radius 2 is 2.14 bits per heavy atom. The first-order chi connectivity index (χ1) is 10.2. The molecule has 2 heterocycles. The van der Waals surface area contributed by atoms with Gasteiger partial charge in [-0.05, 0) is 34.5 Å². The van der Waals surface area contributed by atoms with Crippen molar-refractivity contribution in [2.24, 2.45) is 0 Å². The van der Waals surface area contributed by atoms with Gasteiger partial charge < -0.3 is 4.42 Å². The molecule has 5 heteroatoms. The number of hydrogen-bond acceptors (Lipinski definition) is 3. The van der Waals surface area contributed by atoms with Crippen molar-refractivity contribution >= 4 is 44.8 Å². The van der Waals surface area contributed by atoms with E-state index < -0.39 is 0 Å². The molecule has 21 heavy (non-hydrogen) atoms. The van der Waals surface area contributed by atoms with Crippen LogP contribution in [0.1, 0.15) is 12.0 Å². The summed E-state index contributed by atoms with van der Waals surface area (Å²) in [5, 5.41) is 0.938. The number of rotatable bonds is 2. The van der Waals surface area contributed by atoms with E-state index in [0.717, 1.165) is 16.5 Å². The van der Waals surface area contributed by atoms with Gasteiger partial charge >= 0.3 is 0 Å². The van der Waals surface area contributed by atoms with Crippen molar-refractivity contribution in [2.45, 2.75) is 6.42 Å². The van der Waals surface area contributed by atoms with Gasteiger partial charge in [0.25, 0.3) is 11.8 Å². The van der Waals surface area contributed by atoms with Gasteiger partial charge in [-0.2, -0.15) is 0 Å². The fourth-order valence-electron chi connectivity index (χ4n) is 2.23. The van der Waals surface area contributed by atoms with Crippen LogP contribution in [-0.4, -0.2) is 23.3 Å². The van der Waals surface area contributed by atoms with E-state index in [2.05, 4.69) is 15.9 Å². The summed E-state index contributed by atoms with van der Waals surface area (Å²) in [7, 11) is 0. The topological polar surface area (TPSA) is 50.5 Å². The van der Waals surface area contributed by atoms with Gasteiger partial charge in [-0.3, -0.25) is 14.5 Å². The third-order valence-corrected chi connectivity index (χ3v) is 3.97. The molecule has 0 saturated carbocycles. The highest BCUT2D eigenvalue weighted by Crippen LogP contribution is 2.22. The maximum absolute atomic E-state index is 12.1. The number of benzene rings is 1. The third-order valence-electron chi connectivity index (χ3n) is 3.31. The maximum atomic E-state index is 12.1. The lowest BCUT2D eigenvalue weighted by atomic mass is 10.1. The third kappa shape index (κ3) is 2.69. The van der Waals surface area contributed by atoms with Gasteiger partial charge in [0.1, 0.15) is 5.58 Å². The monoisotopic (exact) mass is 345 g/mol. The lowest BCUT2D eigenvalue weighted by Gasteiger charge is -2.21. The minimum Gasteiger partial charge on any atom is -0.464 e. The van der Waals surface area contributed by atoms with Crippen molar-refractivity contribution in [3.8, 4) is 0 Å². The Hall–Kier alpha value is -2.14. The van der Waals surface area contributed by atoms with Crippen LogP contribution in [0.15, 0.2) is 51.6 Å². The van der Waals surface area contributed by atoms with E-state index in [1.54, 1.807) is 18.4 Å². The fraction of sp³-hybridized carbons (Fsp3) is 0.125. The number of hydrogen-bond donors (Lipinski definition) is 0. The van der Waals surface area contributed by atoms with Gasteiger partial charge in [-0.1, -0.05) is 24.3 Å². The van der Waals surface area contributed by atoms with E-state index in [-0.39, 0.29) is 11.8 Å². The van der Waals surface area contributed by atoms with Crippen LogP contribution in [0.5, 0.6) is 0 Å². The number of furan rings is 1. The predicted molar refractivity (Wildman–Crippen MR) is 83.6 cm³/mol. The van der Waals surface area contributed by atoms with Gasteiger partial charge in [0.2, 0.25) is 0 Å². The van der Waals surface area contributed by atoms with E-state index in [1.807, 2.05) is 24.3 Å².